The number of allylic oxidation sites excluding steroid dienone is 3. The minimum Gasteiger partial charge on any atom is -0.404 e. The van der Waals surface area contributed by atoms with E-state index < -0.39 is 11.9 Å². The summed E-state index contributed by atoms with van der Waals surface area (Å²) in [5.41, 5.74) is 6.77. The molecule has 0 fully saturated rings. The molecule has 3 aromatic rings. The van der Waals surface area contributed by atoms with Crippen LogP contribution in [0, 0.1) is 0 Å². The summed E-state index contributed by atoms with van der Waals surface area (Å²) >= 11 is 0. The number of pyridine rings is 1. The topological polar surface area (TPSA) is 84.7 Å². The van der Waals surface area contributed by atoms with E-state index in [0.717, 1.165) is 6.20 Å². The second-order valence-electron chi connectivity index (χ2n) is 5.36. The van der Waals surface area contributed by atoms with Gasteiger partial charge in [0, 0.05) is 23.3 Å². The molecule has 0 aliphatic carbocycles. The van der Waals surface area contributed by atoms with Crippen LogP contribution in [0.3, 0.4) is 0 Å². The highest BCUT2D eigenvalue weighted by molar-refractivity contribution is 5.97. The van der Waals surface area contributed by atoms with Crippen molar-refractivity contribution in [2.75, 3.05) is 0 Å². The monoisotopic (exact) mass is 358 g/mol. The standard InChI is InChI=1S/C18H13F3N4O/c19-18(20,21)17-15(10-24-25-17)11-3-4-16-14(8-11)13(5-6-23-16)12(9-22)2-1-7-26/h1-10H,22H2,(H,24,25)/b2-1-,12-9+. The molecule has 0 radical (unpaired) electrons. The van der Waals surface area contributed by atoms with Gasteiger partial charge in [0.05, 0.1) is 11.7 Å². The molecule has 0 spiro atoms. The third-order valence-electron chi connectivity index (χ3n) is 3.82. The van der Waals surface area contributed by atoms with Crippen LogP contribution in [0.4, 0.5) is 13.2 Å². The molecule has 8 heteroatoms. The number of hydrogen-bond donors (Lipinski definition) is 2. The number of carbonyl (C=O) groups is 1. The van der Waals surface area contributed by atoms with Gasteiger partial charge in [0.25, 0.3) is 0 Å². The third-order valence-corrected chi connectivity index (χ3v) is 3.82. The first-order chi connectivity index (χ1) is 12.5. The molecule has 0 saturated heterocycles. The Bertz CT molecular complexity index is 1020. The normalized spacial score (nSPS) is 12.8. The summed E-state index contributed by atoms with van der Waals surface area (Å²) in [7, 11) is 0. The Morgan fingerprint density at radius 1 is 1.23 bits per heavy atom. The van der Waals surface area contributed by atoms with Gasteiger partial charge in [-0.05, 0) is 47.1 Å². The molecule has 132 valence electrons. The second-order valence-corrected chi connectivity index (χ2v) is 5.36. The minimum atomic E-state index is -4.55. The quantitative estimate of drug-likeness (QED) is 0.423. The van der Waals surface area contributed by atoms with Gasteiger partial charge in [-0.3, -0.25) is 14.9 Å². The van der Waals surface area contributed by atoms with Crippen molar-refractivity contribution in [3.8, 4) is 11.1 Å². The van der Waals surface area contributed by atoms with E-state index in [9.17, 15) is 18.0 Å². The van der Waals surface area contributed by atoms with E-state index >= 15 is 0 Å². The highest BCUT2D eigenvalue weighted by Gasteiger charge is 2.35. The Balaban J connectivity index is 2.21. The minimum absolute atomic E-state index is 0.0593. The van der Waals surface area contributed by atoms with E-state index in [1.807, 2.05) is 5.10 Å². The number of aldehydes is 1. The van der Waals surface area contributed by atoms with Crippen LogP contribution in [0.5, 0.6) is 0 Å². The fourth-order valence-corrected chi connectivity index (χ4v) is 2.66. The summed E-state index contributed by atoms with van der Waals surface area (Å²) in [6.07, 6.45) is 2.88. The van der Waals surface area contributed by atoms with E-state index in [4.69, 9.17) is 5.73 Å². The number of rotatable bonds is 4. The lowest BCUT2D eigenvalue weighted by atomic mass is 9.97. The third kappa shape index (κ3) is 3.21. The van der Waals surface area contributed by atoms with Crippen molar-refractivity contribution in [1.82, 2.24) is 15.2 Å². The van der Waals surface area contributed by atoms with Crippen molar-refractivity contribution < 1.29 is 18.0 Å². The number of carbonyl (C=O) groups excluding carboxylic acids is 1. The fourth-order valence-electron chi connectivity index (χ4n) is 2.66. The van der Waals surface area contributed by atoms with E-state index in [1.165, 1.54) is 18.4 Å². The Morgan fingerprint density at radius 3 is 2.73 bits per heavy atom. The van der Waals surface area contributed by atoms with Gasteiger partial charge in [-0.25, -0.2) is 0 Å². The molecule has 0 aliphatic heterocycles. The summed E-state index contributed by atoms with van der Waals surface area (Å²) < 4.78 is 39.4. The average molecular weight is 358 g/mol. The molecule has 0 aliphatic rings. The molecule has 26 heavy (non-hydrogen) atoms. The number of hydrogen-bond acceptors (Lipinski definition) is 4. The average Bonchev–Trinajstić information content (AvgIpc) is 3.12. The molecule has 0 atom stereocenters. The summed E-state index contributed by atoms with van der Waals surface area (Å²) in [6, 6.07) is 6.45. The van der Waals surface area contributed by atoms with E-state index in [-0.39, 0.29) is 5.56 Å². The van der Waals surface area contributed by atoms with Crippen molar-refractivity contribution in [1.29, 1.82) is 0 Å². The molecule has 2 heterocycles. The van der Waals surface area contributed by atoms with Gasteiger partial charge in [0.2, 0.25) is 0 Å². The zero-order valence-electron chi connectivity index (χ0n) is 13.3. The molecular weight excluding hydrogens is 345 g/mol. The molecule has 0 unspecified atom stereocenters. The van der Waals surface area contributed by atoms with Crippen LogP contribution in [0.25, 0.3) is 27.6 Å². The lowest BCUT2D eigenvalue weighted by Crippen LogP contribution is -2.07. The van der Waals surface area contributed by atoms with Crippen LogP contribution >= 0.6 is 0 Å². The van der Waals surface area contributed by atoms with Gasteiger partial charge in [-0.15, -0.1) is 0 Å². The van der Waals surface area contributed by atoms with E-state index in [1.54, 1.807) is 30.5 Å². The number of alkyl halides is 3. The maximum Gasteiger partial charge on any atom is 0.433 e. The highest BCUT2D eigenvalue weighted by Crippen LogP contribution is 2.37. The van der Waals surface area contributed by atoms with Gasteiger partial charge >= 0.3 is 6.18 Å². The first-order valence-electron chi connectivity index (χ1n) is 7.49. The first-order valence-corrected chi connectivity index (χ1v) is 7.49. The van der Waals surface area contributed by atoms with Crippen LogP contribution in [-0.2, 0) is 11.0 Å². The SMILES string of the molecule is N/C=C(\C=C/C=O)c1ccnc2ccc(-c3cn[nH]c3C(F)(F)F)cc12. The number of fused-ring (bicyclic) bond motifs is 1. The van der Waals surface area contributed by atoms with Gasteiger partial charge < -0.3 is 5.73 Å². The van der Waals surface area contributed by atoms with Crippen molar-refractivity contribution in [3.05, 3.63) is 66.3 Å². The smallest absolute Gasteiger partial charge is 0.404 e. The number of nitrogens with two attached hydrogens (primary N) is 1. The molecule has 3 N–H and O–H groups in total. The highest BCUT2D eigenvalue weighted by atomic mass is 19.4. The van der Waals surface area contributed by atoms with Crippen LogP contribution in [0.1, 0.15) is 11.3 Å². The van der Waals surface area contributed by atoms with Crippen molar-refractivity contribution >= 4 is 22.8 Å². The first kappa shape index (κ1) is 17.4. The van der Waals surface area contributed by atoms with Crippen molar-refractivity contribution in [2.45, 2.75) is 6.18 Å². The summed E-state index contributed by atoms with van der Waals surface area (Å²) in [5.74, 6) is 0. The summed E-state index contributed by atoms with van der Waals surface area (Å²) in [4.78, 5) is 14.8. The predicted octanol–water partition coefficient (Wildman–Crippen LogP) is 3.70. The molecule has 2 aromatic heterocycles. The largest absolute Gasteiger partial charge is 0.433 e. The Labute approximate surface area is 146 Å². The number of aromatic amines is 1. The summed E-state index contributed by atoms with van der Waals surface area (Å²) in [5, 5.41) is 6.12. The number of aromatic nitrogens is 3. The fraction of sp³-hybridized carbons (Fsp3) is 0.0556. The Kier molecular flexibility index (Phi) is 4.57. The Morgan fingerprint density at radius 2 is 2.04 bits per heavy atom. The number of nitrogens with zero attached hydrogens (tertiary/aromatic N) is 2. The molecular formula is C18H13F3N4O. The van der Waals surface area contributed by atoms with Gasteiger partial charge in [-0.1, -0.05) is 6.07 Å². The lowest BCUT2D eigenvalue weighted by molar-refractivity contribution is -0.140. The number of benzene rings is 1. The van der Waals surface area contributed by atoms with Gasteiger partial charge in [0.15, 0.2) is 0 Å². The maximum atomic E-state index is 13.1. The molecule has 1 aromatic carbocycles. The van der Waals surface area contributed by atoms with Crippen molar-refractivity contribution in [3.63, 3.8) is 0 Å². The molecule has 5 nitrogen and oxygen atoms in total. The maximum absolute atomic E-state index is 13.1. The van der Waals surface area contributed by atoms with E-state index in [2.05, 4.69) is 10.1 Å². The van der Waals surface area contributed by atoms with Crippen molar-refractivity contribution in [2.24, 2.45) is 5.73 Å². The number of H-pyrrole nitrogens is 1. The molecule has 3 rings (SSSR count). The van der Waals surface area contributed by atoms with E-state index in [0.29, 0.717) is 33.9 Å². The molecule has 0 amide bonds. The zero-order chi connectivity index (χ0) is 18.7. The van der Waals surface area contributed by atoms with Crippen LogP contribution in [0.2, 0.25) is 0 Å². The van der Waals surface area contributed by atoms with Crippen LogP contribution in [-0.4, -0.2) is 21.5 Å². The number of halogens is 3. The molecule has 0 saturated carbocycles. The lowest BCUT2D eigenvalue weighted by Gasteiger charge is -2.10. The second kappa shape index (κ2) is 6.83. The van der Waals surface area contributed by atoms with Crippen LogP contribution < -0.4 is 5.73 Å². The van der Waals surface area contributed by atoms with Crippen LogP contribution in [0.15, 0.2) is 55.0 Å². The Hall–Kier alpha value is -3.42. The molecule has 0 bridgehead atoms. The summed E-state index contributed by atoms with van der Waals surface area (Å²) in [6.45, 7) is 0. The van der Waals surface area contributed by atoms with Gasteiger partial charge in [-0.2, -0.15) is 18.3 Å². The number of nitrogens with one attached hydrogen (secondary N) is 1. The zero-order valence-corrected chi connectivity index (χ0v) is 13.3. The predicted molar refractivity (Wildman–Crippen MR) is 91.7 cm³/mol. The van der Waals surface area contributed by atoms with Gasteiger partial charge in [0.1, 0.15) is 12.0 Å².